The first kappa shape index (κ1) is 33.1. The predicted octanol–water partition coefficient (Wildman–Crippen LogP) is 2.02. The lowest BCUT2D eigenvalue weighted by Gasteiger charge is -2.69. The first-order valence-electron chi connectivity index (χ1n) is 15.1. The van der Waals surface area contributed by atoms with Crippen LogP contribution in [0.15, 0.2) is 41.5 Å². The summed E-state index contributed by atoms with van der Waals surface area (Å²) in [4.78, 5) is 51.5. The van der Waals surface area contributed by atoms with E-state index in [4.69, 9.17) is 23.7 Å². The van der Waals surface area contributed by atoms with Gasteiger partial charge in [0.1, 0.15) is 30.0 Å². The number of aliphatic hydroxyl groups excluding tert-OH is 2. The van der Waals surface area contributed by atoms with Crippen LogP contribution in [0.25, 0.3) is 0 Å². The summed E-state index contributed by atoms with van der Waals surface area (Å²) >= 11 is 0. The largest absolute Gasteiger partial charge is 0.458 e. The number of aliphatic hydroxyl groups is 3. The van der Waals surface area contributed by atoms with Gasteiger partial charge < -0.3 is 39.0 Å². The molecule has 3 aliphatic carbocycles. The molecule has 4 aliphatic rings. The van der Waals surface area contributed by atoms with Crippen LogP contribution in [0.3, 0.4) is 0 Å². The Labute approximate surface area is 261 Å². The quantitative estimate of drug-likeness (QED) is 0.246. The lowest BCUT2D eigenvalue weighted by atomic mass is 9.44. The molecule has 1 unspecified atom stereocenters. The van der Waals surface area contributed by atoms with E-state index < -0.39 is 88.5 Å². The predicted molar refractivity (Wildman–Crippen MR) is 155 cm³/mol. The summed E-state index contributed by atoms with van der Waals surface area (Å²) in [7, 11) is 0. The van der Waals surface area contributed by atoms with E-state index in [1.54, 1.807) is 45.9 Å². The molecule has 3 N–H and O–H groups in total. The van der Waals surface area contributed by atoms with Gasteiger partial charge >= 0.3 is 23.9 Å². The number of hydrogen-bond donors (Lipinski definition) is 3. The van der Waals surface area contributed by atoms with Gasteiger partial charge in [-0.1, -0.05) is 39.0 Å². The number of ether oxygens (including phenoxy) is 5. The maximum absolute atomic E-state index is 13.9. The normalized spacial score (nSPS) is 39.9. The fraction of sp³-hybridized carbons (Fsp3) is 0.636. The molecule has 1 heterocycles. The molecule has 1 aromatic rings. The van der Waals surface area contributed by atoms with E-state index in [2.05, 4.69) is 0 Å². The van der Waals surface area contributed by atoms with Crippen molar-refractivity contribution < 1.29 is 58.2 Å². The molecule has 0 amide bonds. The highest BCUT2D eigenvalue weighted by molar-refractivity contribution is 5.89. The maximum atomic E-state index is 13.9. The Bertz CT molecular complexity index is 1420. The van der Waals surface area contributed by atoms with Crippen molar-refractivity contribution in [2.24, 2.45) is 16.7 Å². The molecule has 2 saturated carbocycles. The summed E-state index contributed by atoms with van der Waals surface area (Å²) in [5, 5.41) is 37.4. The fourth-order valence-electron chi connectivity index (χ4n) is 8.46. The zero-order chi connectivity index (χ0) is 33.3. The summed E-state index contributed by atoms with van der Waals surface area (Å²) in [6.45, 7) is 9.94. The number of rotatable bonds is 5. The van der Waals surface area contributed by atoms with Crippen LogP contribution in [0.5, 0.6) is 0 Å². The second-order valence-corrected chi connectivity index (χ2v) is 13.6. The minimum absolute atomic E-state index is 0.0700. The highest BCUT2D eigenvalue weighted by atomic mass is 16.6. The molecule has 246 valence electrons. The van der Waals surface area contributed by atoms with E-state index in [-0.39, 0.29) is 30.6 Å². The number of fused-ring (bicyclic) bond motifs is 5. The summed E-state index contributed by atoms with van der Waals surface area (Å²) < 4.78 is 29.6. The number of benzene rings is 1. The van der Waals surface area contributed by atoms with Gasteiger partial charge in [0, 0.05) is 44.4 Å². The van der Waals surface area contributed by atoms with Gasteiger partial charge in [-0.15, -0.1) is 0 Å². The van der Waals surface area contributed by atoms with E-state index >= 15 is 0 Å². The Kier molecular flexibility index (Phi) is 8.21. The second kappa shape index (κ2) is 11.2. The highest BCUT2D eigenvalue weighted by Crippen LogP contribution is 2.65. The number of carbonyl (C=O) groups excluding carboxylic acids is 4. The van der Waals surface area contributed by atoms with Gasteiger partial charge in [-0.2, -0.15) is 0 Å². The Hall–Kier alpha value is -3.32. The molecule has 10 atom stereocenters. The van der Waals surface area contributed by atoms with Gasteiger partial charge in [-0.05, 0) is 30.2 Å². The molecule has 0 spiro atoms. The molecule has 3 fully saturated rings. The highest BCUT2D eigenvalue weighted by Gasteiger charge is 2.78. The van der Waals surface area contributed by atoms with Crippen molar-refractivity contribution in [3.63, 3.8) is 0 Å². The smallest absolute Gasteiger partial charge is 0.338 e. The SMILES string of the molecule is CC(=O)O[C@H]1C[C@@]2(O)[C@@H](OC(=O)c3ccccc3)C3[C@@](C)([C@@H](O)C[C@H]4OC[C@@]34OC(C)=O)[C@@H](O)[C@@H](OC(C)=O)C(=C1C)C2(C)C. The third kappa shape index (κ3) is 4.88. The van der Waals surface area contributed by atoms with E-state index in [9.17, 15) is 34.5 Å². The molecule has 12 heteroatoms. The summed E-state index contributed by atoms with van der Waals surface area (Å²) in [6, 6.07) is 8.09. The average molecular weight is 631 g/mol. The Morgan fingerprint density at radius 2 is 1.53 bits per heavy atom. The Morgan fingerprint density at radius 3 is 2.07 bits per heavy atom. The average Bonchev–Trinajstić information content (AvgIpc) is 2.94. The van der Waals surface area contributed by atoms with E-state index in [1.165, 1.54) is 32.9 Å². The van der Waals surface area contributed by atoms with Gasteiger partial charge in [0.15, 0.2) is 11.7 Å². The van der Waals surface area contributed by atoms with Crippen LogP contribution in [-0.2, 0) is 38.1 Å². The standard InChI is InChI=1S/C33H42O12/c1-16-21(42-17(2)34)14-33(40)28(44-29(39)20-11-9-8-10-12-20)26-31(7,22(37)13-23-32(26,15-41-23)45-19(4)36)27(38)25(43-18(3)35)24(16)30(33,5)6/h8-12,21-23,25-28,37-38,40H,13-15H2,1-7H3/t21-,22-,23+,25-,26?,27-,28-,31+,32-,33+/m0/s1. The molecule has 5 rings (SSSR count). The number of carbonyl (C=O) groups is 4. The third-order valence-corrected chi connectivity index (χ3v) is 10.7. The third-order valence-electron chi connectivity index (χ3n) is 10.7. The topological polar surface area (TPSA) is 175 Å². The van der Waals surface area contributed by atoms with Crippen molar-refractivity contribution in [1.82, 2.24) is 0 Å². The summed E-state index contributed by atoms with van der Waals surface area (Å²) in [5.41, 5.74) is -5.96. The van der Waals surface area contributed by atoms with Gasteiger partial charge in [-0.25, -0.2) is 4.79 Å². The Balaban J connectivity index is 1.86. The van der Waals surface area contributed by atoms with Crippen LogP contribution in [0.2, 0.25) is 0 Å². The minimum atomic E-state index is -2.11. The molecule has 1 aromatic carbocycles. The van der Waals surface area contributed by atoms with Gasteiger partial charge in [0.2, 0.25) is 0 Å². The molecule has 0 radical (unpaired) electrons. The first-order valence-corrected chi connectivity index (χ1v) is 15.1. The fourth-order valence-corrected chi connectivity index (χ4v) is 8.46. The van der Waals surface area contributed by atoms with E-state index in [0.29, 0.717) is 5.57 Å². The van der Waals surface area contributed by atoms with Crippen molar-refractivity contribution in [3.05, 3.63) is 47.0 Å². The number of hydrogen-bond acceptors (Lipinski definition) is 12. The maximum Gasteiger partial charge on any atom is 0.338 e. The van der Waals surface area contributed by atoms with E-state index in [0.717, 1.165) is 0 Å². The summed E-state index contributed by atoms with van der Waals surface area (Å²) in [5.74, 6) is -4.20. The zero-order valence-electron chi connectivity index (χ0n) is 26.6. The monoisotopic (exact) mass is 630 g/mol. The van der Waals surface area contributed by atoms with E-state index in [1.807, 2.05) is 0 Å². The second-order valence-electron chi connectivity index (χ2n) is 13.6. The molecule has 0 aromatic heterocycles. The lowest BCUT2D eigenvalue weighted by Crippen LogP contribution is -2.82. The number of esters is 4. The molecule has 2 bridgehead atoms. The van der Waals surface area contributed by atoms with Crippen molar-refractivity contribution in [1.29, 1.82) is 0 Å². The molecule has 1 saturated heterocycles. The van der Waals surface area contributed by atoms with Crippen LogP contribution in [0, 0.1) is 16.7 Å². The van der Waals surface area contributed by atoms with Crippen molar-refractivity contribution in [2.45, 2.75) is 109 Å². The van der Waals surface area contributed by atoms with Crippen LogP contribution in [0.4, 0.5) is 0 Å². The lowest BCUT2D eigenvalue weighted by molar-refractivity contribution is -0.365. The van der Waals surface area contributed by atoms with Crippen molar-refractivity contribution in [2.75, 3.05) is 6.61 Å². The van der Waals surface area contributed by atoms with Gasteiger partial charge in [0.25, 0.3) is 0 Å². The van der Waals surface area contributed by atoms with Gasteiger partial charge in [-0.3, -0.25) is 14.4 Å². The van der Waals surface area contributed by atoms with Crippen molar-refractivity contribution in [3.8, 4) is 0 Å². The van der Waals surface area contributed by atoms with Gasteiger partial charge in [0.05, 0.1) is 24.2 Å². The van der Waals surface area contributed by atoms with Crippen molar-refractivity contribution >= 4 is 23.9 Å². The summed E-state index contributed by atoms with van der Waals surface area (Å²) in [6.07, 6.45) is -8.36. The molecule has 1 aliphatic heterocycles. The van der Waals surface area contributed by atoms with Crippen LogP contribution < -0.4 is 0 Å². The minimum Gasteiger partial charge on any atom is -0.458 e. The van der Waals surface area contributed by atoms with Crippen LogP contribution >= 0.6 is 0 Å². The zero-order valence-corrected chi connectivity index (χ0v) is 26.6. The molecule has 12 nitrogen and oxygen atoms in total. The molecule has 45 heavy (non-hydrogen) atoms. The van der Waals surface area contributed by atoms with Crippen LogP contribution in [-0.4, -0.2) is 93.6 Å². The van der Waals surface area contributed by atoms with Crippen LogP contribution in [0.1, 0.15) is 71.7 Å². The first-order chi connectivity index (χ1) is 20.9. The molecular weight excluding hydrogens is 588 g/mol. The Morgan fingerprint density at radius 1 is 0.911 bits per heavy atom. The molecular formula is C33H42O12.